The molecule has 1 unspecified atom stereocenters. The molecule has 2 N–H and O–H groups in total. The lowest BCUT2D eigenvalue weighted by Gasteiger charge is -2.11. The Morgan fingerprint density at radius 3 is 2.80 bits per heavy atom. The number of halogens is 1. The third kappa shape index (κ3) is 2.79. The number of ether oxygens (including phenoxy) is 1. The molecule has 0 aromatic heterocycles. The van der Waals surface area contributed by atoms with Crippen LogP contribution in [0.1, 0.15) is 17.3 Å². The highest BCUT2D eigenvalue weighted by atomic mass is 79.9. The van der Waals surface area contributed by atoms with Crippen LogP contribution in [0.15, 0.2) is 22.7 Å². The third-order valence-electron chi connectivity index (χ3n) is 2.23. The van der Waals surface area contributed by atoms with Gasteiger partial charge in [0.1, 0.15) is 5.75 Å². The molecule has 0 heterocycles. The Labute approximate surface area is 97.7 Å². The molecule has 1 aromatic carbocycles. The van der Waals surface area contributed by atoms with Gasteiger partial charge < -0.3 is 10.5 Å². The minimum absolute atomic E-state index is 0.00986. The first kappa shape index (κ1) is 12.2. The molecule has 1 rings (SSSR count). The summed E-state index contributed by atoms with van der Waals surface area (Å²) in [6.45, 7) is 2.15. The SMILES string of the molecule is COc1ccc(Br)cc1C(=O)C(C)CN. The van der Waals surface area contributed by atoms with Crippen molar-refractivity contribution in [2.24, 2.45) is 11.7 Å². The van der Waals surface area contributed by atoms with Crippen LogP contribution in [-0.2, 0) is 0 Å². The van der Waals surface area contributed by atoms with Crippen LogP contribution in [0.4, 0.5) is 0 Å². The van der Waals surface area contributed by atoms with E-state index in [1.807, 2.05) is 13.0 Å². The first-order chi connectivity index (χ1) is 7.10. The highest BCUT2D eigenvalue weighted by molar-refractivity contribution is 9.10. The van der Waals surface area contributed by atoms with Crippen molar-refractivity contribution >= 4 is 21.7 Å². The fraction of sp³-hybridized carbons (Fsp3) is 0.364. The number of rotatable bonds is 4. The number of benzene rings is 1. The fourth-order valence-electron chi connectivity index (χ4n) is 1.25. The summed E-state index contributed by atoms with van der Waals surface area (Å²) in [5.74, 6) is 0.410. The molecule has 0 fully saturated rings. The molecule has 0 aliphatic heterocycles. The number of hydrogen-bond acceptors (Lipinski definition) is 3. The molecule has 0 spiro atoms. The van der Waals surface area contributed by atoms with Crippen LogP contribution in [-0.4, -0.2) is 19.4 Å². The zero-order valence-corrected chi connectivity index (χ0v) is 10.4. The molecule has 4 heteroatoms. The van der Waals surface area contributed by atoms with E-state index in [0.29, 0.717) is 17.9 Å². The molecule has 0 aliphatic rings. The maximum Gasteiger partial charge on any atom is 0.170 e. The van der Waals surface area contributed by atoms with Gasteiger partial charge in [-0.1, -0.05) is 22.9 Å². The van der Waals surface area contributed by atoms with E-state index >= 15 is 0 Å². The summed E-state index contributed by atoms with van der Waals surface area (Å²) in [7, 11) is 1.55. The van der Waals surface area contributed by atoms with Gasteiger partial charge in [0.2, 0.25) is 0 Å². The third-order valence-corrected chi connectivity index (χ3v) is 2.72. The van der Waals surface area contributed by atoms with Gasteiger partial charge >= 0.3 is 0 Å². The number of Topliss-reactive ketones (excluding diaryl/α,β-unsaturated/α-hetero) is 1. The predicted octanol–water partition coefficient (Wildman–Crippen LogP) is 2.24. The van der Waals surface area contributed by atoms with Gasteiger partial charge in [0, 0.05) is 16.9 Å². The number of methoxy groups -OCH3 is 1. The molecule has 0 bridgehead atoms. The molecule has 82 valence electrons. The van der Waals surface area contributed by atoms with Gasteiger partial charge in [-0.25, -0.2) is 0 Å². The van der Waals surface area contributed by atoms with Gasteiger partial charge in [0.15, 0.2) is 5.78 Å². The maximum atomic E-state index is 11.9. The van der Waals surface area contributed by atoms with Crippen molar-refractivity contribution in [3.8, 4) is 5.75 Å². The summed E-state index contributed by atoms with van der Waals surface area (Å²) >= 11 is 3.33. The Morgan fingerprint density at radius 1 is 1.60 bits per heavy atom. The van der Waals surface area contributed by atoms with Crippen molar-refractivity contribution < 1.29 is 9.53 Å². The molecule has 0 saturated carbocycles. The van der Waals surface area contributed by atoms with Crippen molar-refractivity contribution in [1.82, 2.24) is 0 Å². The highest BCUT2D eigenvalue weighted by Crippen LogP contribution is 2.25. The minimum Gasteiger partial charge on any atom is -0.496 e. The molecule has 1 atom stereocenters. The topological polar surface area (TPSA) is 52.3 Å². The van der Waals surface area contributed by atoms with Crippen LogP contribution < -0.4 is 10.5 Å². The van der Waals surface area contributed by atoms with E-state index < -0.39 is 0 Å². The van der Waals surface area contributed by atoms with Crippen molar-refractivity contribution in [2.45, 2.75) is 6.92 Å². The highest BCUT2D eigenvalue weighted by Gasteiger charge is 2.17. The molecule has 15 heavy (non-hydrogen) atoms. The van der Waals surface area contributed by atoms with Gasteiger partial charge in [-0.2, -0.15) is 0 Å². The lowest BCUT2D eigenvalue weighted by molar-refractivity contribution is 0.0931. The van der Waals surface area contributed by atoms with E-state index in [1.54, 1.807) is 19.2 Å². The molecule has 0 amide bonds. The molecule has 0 radical (unpaired) electrons. The second-order valence-electron chi connectivity index (χ2n) is 3.35. The average Bonchev–Trinajstić information content (AvgIpc) is 2.27. The van der Waals surface area contributed by atoms with E-state index in [0.717, 1.165) is 4.47 Å². The van der Waals surface area contributed by atoms with E-state index in [-0.39, 0.29) is 11.7 Å². The Balaban J connectivity index is 3.11. The largest absolute Gasteiger partial charge is 0.496 e. The van der Waals surface area contributed by atoms with Crippen LogP contribution in [0.3, 0.4) is 0 Å². The first-order valence-electron chi connectivity index (χ1n) is 4.68. The lowest BCUT2D eigenvalue weighted by atomic mass is 9.99. The molecule has 3 nitrogen and oxygen atoms in total. The zero-order valence-electron chi connectivity index (χ0n) is 8.79. The van der Waals surface area contributed by atoms with Crippen molar-refractivity contribution in [2.75, 3.05) is 13.7 Å². The molecular formula is C11H14BrNO2. The van der Waals surface area contributed by atoms with Crippen LogP contribution in [0.25, 0.3) is 0 Å². The van der Waals surface area contributed by atoms with E-state index in [9.17, 15) is 4.79 Å². The molecule has 0 aliphatic carbocycles. The Kier molecular flexibility index (Phi) is 4.29. The zero-order chi connectivity index (χ0) is 11.4. The van der Waals surface area contributed by atoms with Gasteiger partial charge in [-0.15, -0.1) is 0 Å². The molecular weight excluding hydrogens is 258 g/mol. The second-order valence-corrected chi connectivity index (χ2v) is 4.26. The van der Waals surface area contributed by atoms with Crippen molar-refractivity contribution in [3.63, 3.8) is 0 Å². The van der Waals surface area contributed by atoms with E-state index in [2.05, 4.69) is 15.9 Å². The van der Waals surface area contributed by atoms with E-state index in [4.69, 9.17) is 10.5 Å². The first-order valence-corrected chi connectivity index (χ1v) is 5.47. The normalized spacial score (nSPS) is 12.3. The number of hydrogen-bond donors (Lipinski definition) is 1. The lowest BCUT2D eigenvalue weighted by Crippen LogP contribution is -2.21. The summed E-state index contributed by atoms with van der Waals surface area (Å²) in [6, 6.07) is 5.36. The van der Waals surface area contributed by atoms with Gasteiger partial charge in [0.25, 0.3) is 0 Å². The minimum atomic E-state index is -0.187. The Morgan fingerprint density at radius 2 is 2.27 bits per heavy atom. The monoisotopic (exact) mass is 271 g/mol. The van der Waals surface area contributed by atoms with Crippen molar-refractivity contribution in [3.05, 3.63) is 28.2 Å². The fourth-order valence-corrected chi connectivity index (χ4v) is 1.61. The standard InChI is InChI=1S/C11H14BrNO2/c1-7(6-13)11(14)9-5-8(12)3-4-10(9)15-2/h3-5,7H,6,13H2,1-2H3. The summed E-state index contributed by atoms with van der Waals surface area (Å²) in [4.78, 5) is 11.9. The Hall–Kier alpha value is -0.870. The Bertz CT molecular complexity index is 366. The van der Waals surface area contributed by atoms with Crippen LogP contribution in [0.2, 0.25) is 0 Å². The van der Waals surface area contributed by atoms with Crippen LogP contribution >= 0.6 is 15.9 Å². The maximum absolute atomic E-state index is 11.9. The van der Waals surface area contributed by atoms with Gasteiger partial charge in [-0.05, 0) is 18.2 Å². The van der Waals surface area contributed by atoms with E-state index in [1.165, 1.54) is 0 Å². The summed E-state index contributed by atoms with van der Waals surface area (Å²) in [5, 5.41) is 0. The van der Waals surface area contributed by atoms with Gasteiger partial charge in [-0.3, -0.25) is 4.79 Å². The number of ketones is 1. The molecule has 0 saturated heterocycles. The second kappa shape index (κ2) is 5.28. The average molecular weight is 272 g/mol. The summed E-state index contributed by atoms with van der Waals surface area (Å²) in [5.41, 5.74) is 6.04. The van der Waals surface area contributed by atoms with Gasteiger partial charge in [0.05, 0.1) is 12.7 Å². The number of nitrogens with two attached hydrogens (primary N) is 1. The molecule has 1 aromatic rings. The van der Waals surface area contributed by atoms with Crippen molar-refractivity contribution in [1.29, 1.82) is 0 Å². The van der Waals surface area contributed by atoms with Crippen LogP contribution in [0, 0.1) is 5.92 Å². The summed E-state index contributed by atoms with van der Waals surface area (Å²) < 4.78 is 5.99. The van der Waals surface area contributed by atoms with Crippen LogP contribution in [0.5, 0.6) is 5.75 Å². The number of carbonyl (C=O) groups is 1. The quantitative estimate of drug-likeness (QED) is 0.855. The smallest absolute Gasteiger partial charge is 0.170 e. The summed E-state index contributed by atoms with van der Waals surface area (Å²) in [6.07, 6.45) is 0. The predicted molar refractivity (Wildman–Crippen MR) is 63.2 cm³/mol. The number of carbonyl (C=O) groups excluding carboxylic acids is 1.